The lowest BCUT2D eigenvalue weighted by atomic mass is 9.97. The number of piperidine rings is 3. The zero-order valence-corrected chi connectivity index (χ0v) is 69.9. The first kappa shape index (κ1) is 86.0. The molecular weight excluding hydrogens is 1640 g/mol. The summed E-state index contributed by atoms with van der Waals surface area (Å²) in [6.07, 6.45) is 7.04. The molecule has 0 saturated carbocycles. The summed E-state index contributed by atoms with van der Waals surface area (Å²) in [7, 11) is 4.56. The highest BCUT2D eigenvalue weighted by Gasteiger charge is 2.39. The molecule has 118 heavy (non-hydrogen) atoms. The largest absolute Gasteiger partial charge is 0.497 e. The first-order valence-electron chi connectivity index (χ1n) is 38.2. The van der Waals surface area contributed by atoms with Crippen LogP contribution in [0.15, 0.2) is 127 Å². The van der Waals surface area contributed by atoms with Crippen LogP contribution in [0, 0.1) is 5.82 Å². The molecule has 3 saturated heterocycles. The molecule has 0 radical (unpaired) electrons. The highest BCUT2D eigenvalue weighted by Crippen LogP contribution is 2.41. The fourth-order valence-corrected chi connectivity index (χ4v) is 15.9. The van der Waals surface area contributed by atoms with Crippen LogP contribution in [0.3, 0.4) is 0 Å². The number of ether oxygens (including phenoxy) is 4. The predicted octanol–water partition coefficient (Wildman–Crippen LogP) is 14.1. The normalized spacial score (nSPS) is 17.3. The van der Waals surface area contributed by atoms with Crippen molar-refractivity contribution >= 4 is 134 Å². The predicted molar refractivity (Wildman–Crippen MR) is 451 cm³/mol. The van der Waals surface area contributed by atoms with Crippen LogP contribution in [0.2, 0.25) is 30.1 Å². The number of hydrogen-bond acceptors (Lipinski definition) is 19. The Morgan fingerprint density at radius 2 is 0.780 bits per heavy atom. The van der Waals surface area contributed by atoms with Crippen LogP contribution in [0.1, 0.15) is 141 Å². The highest BCUT2D eigenvalue weighted by atomic mass is 35.5. The molecule has 15 rings (SSSR count). The molecule has 6 aromatic carbocycles. The molecule has 6 aliphatic rings. The monoisotopic (exact) mass is 1730 g/mol. The van der Waals surface area contributed by atoms with E-state index in [9.17, 15) is 43.7 Å². The van der Waals surface area contributed by atoms with Crippen LogP contribution < -0.4 is 31.1 Å². The van der Waals surface area contributed by atoms with Gasteiger partial charge in [0.1, 0.15) is 22.9 Å². The van der Waals surface area contributed by atoms with Crippen LogP contribution in [0.5, 0.6) is 11.5 Å². The lowest BCUT2D eigenvalue weighted by Crippen LogP contribution is -2.48. The quantitative estimate of drug-likeness (QED) is 0.0532. The van der Waals surface area contributed by atoms with Crippen molar-refractivity contribution in [2.45, 2.75) is 103 Å². The van der Waals surface area contributed by atoms with Gasteiger partial charge >= 0.3 is 12.2 Å². The maximum Gasteiger partial charge on any atom is 0.410 e. The van der Waals surface area contributed by atoms with Gasteiger partial charge < -0.3 is 39.6 Å². The summed E-state index contributed by atoms with van der Waals surface area (Å²) in [5, 5.41) is 55.0. The number of aliphatic hydroxyl groups is 3. The van der Waals surface area contributed by atoms with E-state index in [1.165, 1.54) is 29.0 Å². The van der Waals surface area contributed by atoms with E-state index in [0.29, 0.717) is 183 Å². The van der Waals surface area contributed by atoms with Gasteiger partial charge in [-0.3, -0.25) is 40.5 Å². The smallest absolute Gasteiger partial charge is 0.410 e. The molecule has 3 aromatic heterocycles. The number of halogens is 7. The number of carbonyl (C=O) groups excluding carboxylic acids is 5. The van der Waals surface area contributed by atoms with Gasteiger partial charge in [0.2, 0.25) is 0 Å². The van der Waals surface area contributed by atoms with Gasteiger partial charge in [-0.2, -0.15) is 15.3 Å². The van der Waals surface area contributed by atoms with Crippen molar-refractivity contribution in [3.8, 4) is 28.6 Å². The number of hydrogen-bond donors (Lipinski definition) is 7. The molecule has 0 aliphatic carbocycles. The Kier molecular flexibility index (Phi) is 27.7. The number of aliphatic hydroxyl groups excluding tert-OH is 3. The number of nitrogens with zero attached hydrogens (tertiary/aromatic N) is 11. The van der Waals surface area contributed by atoms with Gasteiger partial charge in [-0.15, -0.1) is 0 Å². The Labute approximate surface area is 710 Å². The Balaban J connectivity index is 0.000000154. The van der Waals surface area contributed by atoms with Crippen LogP contribution in [-0.2, 0) is 29.1 Å². The van der Waals surface area contributed by atoms with Crippen molar-refractivity contribution in [2.75, 3.05) is 80.2 Å². The Morgan fingerprint density at radius 3 is 1.12 bits per heavy atom. The standard InChI is InChI=1S/C30H32Cl2FN5O4.C28H29Cl2N5O5.C26H27Cl2N5O3/c1-30(2,3)42-29(41)36-16-19(14-18-4-7-21(33)8-5-18)27-23(17-36)26(28(40)35-37-12-10-22(39)11-13-37)34-38(27)25-9-6-20(31)15-24(25)32;1-39-21-6-3-17(4-7-21)13-18-15-33(28(38)40-2)16-22-25(27(37)32-34-11-9-20(36)10-12-34)31-35(26(18)22)24-8-5-19(29)14-23(24)30;1-36-20-5-2-16(3-6-20)12-17-14-29-15-21-24(26(35)31-32-10-8-19(34)9-11-32)30-33(25(17)21)23-7-4-18(27)13-22(23)28/h4-9,14-15,22,39H,10-13,16-17H2,1-3H3,(H,35,40);3-8,13-14,20,36H,9-12,15-16H2,1-2H3,(H,32,37);2-7,12-13,19,29,34H,8-11,14-15H2,1H3,(H,31,35)/b19-14+;18-13+;17-12+. The second kappa shape index (κ2) is 38.0. The van der Waals surface area contributed by atoms with Crippen molar-refractivity contribution in [2.24, 2.45) is 0 Å². The second-order valence-corrected chi connectivity index (χ2v) is 32.4. The summed E-state index contributed by atoms with van der Waals surface area (Å²) in [6, 6.07) is 36.5. The van der Waals surface area contributed by atoms with Gasteiger partial charge in [0.05, 0.1) is 115 Å². The summed E-state index contributed by atoms with van der Waals surface area (Å²) in [6.45, 7) is 10.1. The van der Waals surface area contributed by atoms with E-state index in [0.717, 1.165) is 39.3 Å². The van der Waals surface area contributed by atoms with Crippen molar-refractivity contribution in [1.29, 1.82) is 0 Å². The summed E-state index contributed by atoms with van der Waals surface area (Å²) in [4.78, 5) is 69.8. The number of fused-ring (bicyclic) bond motifs is 3. The Bertz CT molecular complexity index is 5300. The van der Waals surface area contributed by atoms with E-state index in [1.807, 2.05) is 65.7 Å². The number of carbonyl (C=O) groups is 5. The molecule has 7 N–H and O–H groups in total. The van der Waals surface area contributed by atoms with Gasteiger partial charge in [0.15, 0.2) is 17.1 Å². The van der Waals surface area contributed by atoms with Crippen molar-refractivity contribution < 1.29 is 62.6 Å². The minimum absolute atomic E-state index is 0.0533. The lowest BCUT2D eigenvalue weighted by Gasteiger charge is -2.32. The molecule has 0 unspecified atom stereocenters. The summed E-state index contributed by atoms with van der Waals surface area (Å²) in [5.41, 5.74) is 19.1. The zero-order chi connectivity index (χ0) is 83.8. The van der Waals surface area contributed by atoms with Gasteiger partial charge in [0.25, 0.3) is 17.7 Å². The fourth-order valence-electron chi connectivity index (χ4n) is 14.4. The van der Waals surface area contributed by atoms with Gasteiger partial charge in [-0.1, -0.05) is 106 Å². The lowest BCUT2D eigenvalue weighted by molar-refractivity contribution is 0.0252. The zero-order valence-electron chi connectivity index (χ0n) is 65.4. The van der Waals surface area contributed by atoms with Crippen molar-refractivity contribution in [3.63, 3.8) is 0 Å². The number of nitrogens with one attached hydrogen (secondary N) is 4. The number of hydrazine groups is 3. The number of rotatable bonds is 14. The summed E-state index contributed by atoms with van der Waals surface area (Å²) in [5.74, 6) is -0.0599. The van der Waals surface area contributed by atoms with E-state index in [2.05, 4.69) is 27.7 Å². The van der Waals surface area contributed by atoms with E-state index >= 15 is 0 Å². The van der Waals surface area contributed by atoms with Gasteiger partial charge in [-0.25, -0.2) is 43.1 Å². The molecule has 27 nitrogen and oxygen atoms in total. The molecule has 0 bridgehead atoms. The van der Waals surface area contributed by atoms with Gasteiger partial charge in [-0.05, 0) is 202 Å². The minimum Gasteiger partial charge on any atom is -0.497 e. The number of aromatic nitrogens is 6. The molecule has 620 valence electrons. The molecule has 34 heteroatoms. The minimum atomic E-state index is -0.738. The molecule has 9 heterocycles. The molecule has 6 aliphatic heterocycles. The number of benzene rings is 6. The number of methoxy groups -OCH3 is 3. The van der Waals surface area contributed by atoms with E-state index in [4.69, 9.17) is 104 Å². The van der Waals surface area contributed by atoms with Crippen LogP contribution in [0.4, 0.5) is 14.0 Å². The second-order valence-electron chi connectivity index (χ2n) is 29.9. The fraction of sp³-hybridized carbons (Fsp3) is 0.333. The van der Waals surface area contributed by atoms with Crippen molar-refractivity contribution in [1.82, 2.24) is 75.8 Å². The Morgan fingerprint density at radius 1 is 0.449 bits per heavy atom. The van der Waals surface area contributed by atoms with Crippen molar-refractivity contribution in [3.05, 3.63) is 231 Å². The summed E-state index contributed by atoms with van der Waals surface area (Å²) >= 11 is 38.3. The summed E-state index contributed by atoms with van der Waals surface area (Å²) < 4.78 is 39.9. The molecule has 0 atom stereocenters. The molecule has 5 amide bonds. The molecule has 9 aromatic rings. The van der Waals surface area contributed by atoms with E-state index in [-0.39, 0.29) is 61.5 Å². The van der Waals surface area contributed by atoms with Crippen LogP contribution in [0.25, 0.3) is 52.0 Å². The highest BCUT2D eigenvalue weighted by molar-refractivity contribution is 6.37. The van der Waals surface area contributed by atoms with E-state index < -0.39 is 35.7 Å². The van der Waals surface area contributed by atoms with E-state index in [1.54, 1.807) is 126 Å². The third kappa shape index (κ3) is 20.7. The third-order valence-corrected chi connectivity index (χ3v) is 22.0. The molecule has 0 spiro atoms. The van der Waals surface area contributed by atoms with Gasteiger partial charge in [0, 0.05) is 84.1 Å². The SMILES string of the molecule is CC(C)(C)OC(=O)N1C/C(=C\c2ccc(F)cc2)c2c(c(C(=O)NN3CCC(O)CC3)nn2-c2ccc(Cl)cc2Cl)C1.COC(=O)N1C/C(=C\c2ccc(OC)cc2)c2c(c(C(=O)NN3CCC(O)CC3)nn2-c2ccc(Cl)cc2Cl)C1.COc1ccc(/C=C2\CNCc3c(C(=O)NN4CCC(O)CC4)nn(-c4ccc(Cl)cc4Cl)c32)cc1. The molecule has 3 fully saturated rings. The first-order valence-corrected chi connectivity index (χ1v) is 40.5. The maximum absolute atomic E-state index is 13.7. The average Bonchev–Trinajstić information content (AvgIpc) is 1.60. The molecular formula is C84H88Cl6FN15O12. The average molecular weight is 1730 g/mol. The number of amides is 5. The van der Waals surface area contributed by atoms with Crippen LogP contribution in [-0.4, -0.2) is 204 Å². The van der Waals surface area contributed by atoms with Crippen LogP contribution >= 0.6 is 69.6 Å². The third-order valence-electron chi connectivity index (χ3n) is 20.3. The topological polar surface area (TPSA) is 301 Å². The maximum atomic E-state index is 13.7. The Hall–Kier alpha value is -9.89. The first-order chi connectivity index (χ1) is 56.6.